The van der Waals surface area contributed by atoms with Crippen molar-refractivity contribution >= 4 is 62.3 Å². The van der Waals surface area contributed by atoms with Crippen molar-refractivity contribution in [3.8, 4) is 11.3 Å². The van der Waals surface area contributed by atoms with E-state index in [1.807, 2.05) is 0 Å². The Morgan fingerprint density at radius 1 is 1.26 bits per heavy atom. The number of nitrogens with one attached hydrogen (secondary N) is 1. The number of nitrogens with two attached hydrogens (primary N) is 2. The summed E-state index contributed by atoms with van der Waals surface area (Å²) in [6.45, 7) is 0. The standard InChI is InChI=1S/C14H11Cl2N5OS/c1-19-12(22)11-9(17)8-10(20-14(18)21-13(8)23-11)6-3-2-5(15)4-7(6)16/h2-4H,17H2,1H3,(H,19,22)(H2,18,20,21). The lowest BCUT2D eigenvalue weighted by molar-refractivity contribution is 0.0968. The molecule has 118 valence electrons. The monoisotopic (exact) mass is 367 g/mol. The number of thiophene rings is 1. The molecule has 0 radical (unpaired) electrons. The average molecular weight is 368 g/mol. The first-order chi connectivity index (χ1) is 10.9. The van der Waals surface area contributed by atoms with E-state index in [2.05, 4.69) is 15.3 Å². The Morgan fingerprint density at radius 3 is 2.65 bits per heavy atom. The van der Waals surface area contributed by atoms with Gasteiger partial charge in [0.05, 0.1) is 21.8 Å². The number of amides is 1. The molecule has 0 bridgehead atoms. The molecule has 2 heterocycles. The van der Waals surface area contributed by atoms with E-state index >= 15 is 0 Å². The Kier molecular flexibility index (Phi) is 4.01. The lowest BCUT2D eigenvalue weighted by atomic mass is 10.1. The van der Waals surface area contributed by atoms with E-state index < -0.39 is 0 Å². The van der Waals surface area contributed by atoms with Crippen LogP contribution in [0, 0.1) is 0 Å². The molecule has 6 nitrogen and oxygen atoms in total. The summed E-state index contributed by atoms with van der Waals surface area (Å²) in [5.74, 6) is -0.222. The Bertz CT molecular complexity index is 941. The maximum absolute atomic E-state index is 11.9. The van der Waals surface area contributed by atoms with Gasteiger partial charge in [0, 0.05) is 17.6 Å². The number of hydrogen-bond acceptors (Lipinski definition) is 6. The van der Waals surface area contributed by atoms with Crippen LogP contribution in [-0.4, -0.2) is 22.9 Å². The van der Waals surface area contributed by atoms with Crippen LogP contribution in [0.5, 0.6) is 0 Å². The maximum atomic E-state index is 11.9. The molecule has 0 aliphatic carbocycles. The van der Waals surface area contributed by atoms with Gasteiger partial charge in [-0.25, -0.2) is 9.97 Å². The van der Waals surface area contributed by atoms with Crippen LogP contribution in [0.25, 0.3) is 21.5 Å². The summed E-state index contributed by atoms with van der Waals surface area (Å²) in [7, 11) is 1.53. The van der Waals surface area contributed by atoms with Crippen LogP contribution >= 0.6 is 34.5 Å². The molecule has 2 aromatic heterocycles. The lowest BCUT2D eigenvalue weighted by Crippen LogP contribution is -2.17. The number of carbonyl (C=O) groups is 1. The topological polar surface area (TPSA) is 107 Å². The van der Waals surface area contributed by atoms with Gasteiger partial charge in [-0.3, -0.25) is 4.79 Å². The molecule has 0 unspecified atom stereocenters. The molecule has 3 rings (SSSR count). The summed E-state index contributed by atoms with van der Waals surface area (Å²) < 4.78 is 0. The predicted octanol–water partition coefficient (Wildman–Crippen LogP) is 3.19. The maximum Gasteiger partial charge on any atom is 0.263 e. The Balaban J connectivity index is 2.36. The fourth-order valence-corrected chi connectivity index (χ4v) is 3.74. The zero-order valence-corrected chi connectivity index (χ0v) is 14.2. The van der Waals surface area contributed by atoms with Gasteiger partial charge in [-0.1, -0.05) is 23.2 Å². The van der Waals surface area contributed by atoms with Crippen molar-refractivity contribution in [3.63, 3.8) is 0 Å². The summed E-state index contributed by atoms with van der Waals surface area (Å²) in [5.41, 5.74) is 13.3. The molecular weight excluding hydrogens is 357 g/mol. The van der Waals surface area contributed by atoms with E-state index in [-0.39, 0.29) is 11.9 Å². The van der Waals surface area contributed by atoms with Crippen molar-refractivity contribution in [2.75, 3.05) is 18.5 Å². The van der Waals surface area contributed by atoms with Crippen LogP contribution in [0.2, 0.25) is 10.0 Å². The highest BCUT2D eigenvalue weighted by Crippen LogP contribution is 2.41. The van der Waals surface area contributed by atoms with Crippen LogP contribution in [-0.2, 0) is 0 Å². The van der Waals surface area contributed by atoms with E-state index in [1.165, 1.54) is 7.05 Å². The number of rotatable bonds is 2. The van der Waals surface area contributed by atoms with Gasteiger partial charge >= 0.3 is 0 Å². The van der Waals surface area contributed by atoms with E-state index in [4.69, 9.17) is 34.7 Å². The van der Waals surface area contributed by atoms with Crippen molar-refractivity contribution in [1.29, 1.82) is 0 Å². The minimum atomic E-state index is -0.294. The van der Waals surface area contributed by atoms with Gasteiger partial charge in [0.25, 0.3) is 5.91 Å². The Morgan fingerprint density at radius 2 is 2.00 bits per heavy atom. The van der Waals surface area contributed by atoms with Gasteiger partial charge in [0.1, 0.15) is 9.71 Å². The number of halogens is 2. The average Bonchev–Trinajstić information content (AvgIpc) is 2.82. The second-order valence-corrected chi connectivity index (χ2v) is 6.50. The van der Waals surface area contributed by atoms with Crippen LogP contribution in [0.15, 0.2) is 18.2 Å². The van der Waals surface area contributed by atoms with Crippen molar-refractivity contribution in [3.05, 3.63) is 33.1 Å². The molecule has 0 aliphatic heterocycles. The number of carbonyl (C=O) groups excluding carboxylic acids is 1. The van der Waals surface area contributed by atoms with E-state index in [1.54, 1.807) is 18.2 Å². The molecule has 0 saturated carbocycles. The van der Waals surface area contributed by atoms with E-state index in [0.29, 0.717) is 42.1 Å². The summed E-state index contributed by atoms with van der Waals surface area (Å²) in [5, 5.41) is 4.00. The number of benzene rings is 1. The zero-order valence-electron chi connectivity index (χ0n) is 11.9. The largest absolute Gasteiger partial charge is 0.397 e. The van der Waals surface area contributed by atoms with E-state index in [9.17, 15) is 4.79 Å². The molecule has 3 aromatic rings. The number of aromatic nitrogens is 2. The fourth-order valence-electron chi connectivity index (χ4n) is 2.20. The van der Waals surface area contributed by atoms with Crippen molar-refractivity contribution in [2.45, 2.75) is 0 Å². The highest BCUT2D eigenvalue weighted by Gasteiger charge is 2.22. The van der Waals surface area contributed by atoms with Crippen LogP contribution in [0.4, 0.5) is 11.6 Å². The highest BCUT2D eigenvalue weighted by atomic mass is 35.5. The van der Waals surface area contributed by atoms with Gasteiger partial charge in [-0.2, -0.15) is 0 Å². The van der Waals surface area contributed by atoms with Crippen LogP contribution in [0.3, 0.4) is 0 Å². The molecule has 1 aromatic carbocycles. The molecule has 0 spiro atoms. The number of anilines is 2. The second-order valence-electron chi connectivity index (χ2n) is 4.66. The second kappa shape index (κ2) is 5.84. The molecule has 1 amide bonds. The normalized spacial score (nSPS) is 10.9. The van der Waals surface area contributed by atoms with Gasteiger partial charge in [-0.05, 0) is 18.2 Å². The number of fused-ring (bicyclic) bond motifs is 1. The van der Waals surface area contributed by atoms with Crippen LogP contribution in [0.1, 0.15) is 9.67 Å². The first-order valence-electron chi connectivity index (χ1n) is 6.45. The van der Waals surface area contributed by atoms with Crippen molar-refractivity contribution in [2.24, 2.45) is 0 Å². The summed E-state index contributed by atoms with van der Waals surface area (Å²) in [6, 6.07) is 5.02. The molecule has 23 heavy (non-hydrogen) atoms. The highest BCUT2D eigenvalue weighted by molar-refractivity contribution is 7.21. The number of nitrogen functional groups attached to an aromatic ring is 2. The number of nitrogens with zero attached hydrogens (tertiary/aromatic N) is 2. The summed E-state index contributed by atoms with van der Waals surface area (Å²) in [4.78, 5) is 21.2. The van der Waals surface area contributed by atoms with E-state index in [0.717, 1.165) is 11.3 Å². The predicted molar refractivity (Wildman–Crippen MR) is 95.1 cm³/mol. The SMILES string of the molecule is CNC(=O)c1sc2nc(N)nc(-c3ccc(Cl)cc3Cl)c2c1N. The zero-order chi connectivity index (χ0) is 16.7. The summed E-state index contributed by atoms with van der Waals surface area (Å²) in [6.07, 6.45) is 0. The minimum absolute atomic E-state index is 0.0724. The minimum Gasteiger partial charge on any atom is -0.397 e. The lowest BCUT2D eigenvalue weighted by Gasteiger charge is -2.07. The van der Waals surface area contributed by atoms with Gasteiger partial charge in [0.15, 0.2) is 0 Å². The third-order valence-electron chi connectivity index (χ3n) is 3.23. The molecule has 5 N–H and O–H groups in total. The van der Waals surface area contributed by atoms with Crippen molar-refractivity contribution < 1.29 is 4.79 Å². The molecule has 0 saturated heterocycles. The molecular formula is C14H11Cl2N5OS. The van der Waals surface area contributed by atoms with Crippen LogP contribution < -0.4 is 16.8 Å². The van der Waals surface area contributed by atoms with Gasteiger partial charge in [-0.15, -0.1) is 11.3 Å². The smallest absolute Gasteiger partial charge is 0.263 e. The first kappa shape index (κ1) is 15.8. The molecule has 9 heteroatoms. The molecule has 0 atom stereocenters. The first-order valence-corrected chi connectivity index (χ1v) is 8.02. The Labute approximate surface area is 145 Å². The van der Waals surface area contributed by atoms with Gasteiger partial charge in [0.2, 0.25) is 5.95 Å². The van der Waals surface area contributed by atoms with Crippen molar-refractivity contribution in [1.82, 2.24) is 15.3 Å². The van der Waals surface area contributed by atoms with Gasteiger partial charge < -0.3 is 16.8 Å². The Hall–Kier alpha value is -2.09. The third kappa shape index (κ3) is 2.67. The molecule has 0 aliphatic rings. The summed E-state index contributed by atoms with van der Waals surface area (Å²) >= 11 is 13.3. The number of hydrogen-bond donors (Lipinski definition) is 3. The third-order valence-corrected chi connectivity index (χ3v) is 4.87. The molecule has 0 fully saturated rings. The quantitative estimate of drug-likeness (QED) is 0.644. The fraction of sp³-hybridized carbons (Fsp3) is 0.0714.